The highest BCUT2D eigenvalue weighted by atomic mass is 16.7. The van der Waals surface area contributed by atoms with Gasteiger partial charge in [-0.05, 0) is 35.4 Å². The van der Waals surface area contributed by atoms with Crippen LogP contribution >= 0.6 is 0 Å². The van der Waals surface area contributed by atoms with E-state index in [0.29, 0.717) is 34.1 Å². The first-order chi connectivity index (χ1) is 13.5. The maximum Gasteiger partial charge on any atom is 0.323 e. The van der Waals surface area contributed by atoms with Gasteiger partial charge in [0.05, 0.1) is 20.6 Å². The summed E-state index contributed by atoms with van der Waals surface area (Å²) in [6.45, 7) is -0.151. The van der Waals surface area contributed by atoms with Crippen LogP contribution in [0.4, 0.5) is 0 Å². The molecule has 0 unspecified atom stereocenters. The smallest absolute Gasteiger partial charge is 0.323 e. The Labute approximate surface area is 162 Å². The number of rotatable bonds is 8. The van der Waals surface area contributed by atoms with Gasteiger partial charge in [0, 0.05) is 12.6 Å². The average molecular weight is 387 g/mol. The summed E-state index contributed by atoms with van der Waals surface area (Å²) in [6, 6.07) is 10.4. The zero-order valence-corrected chi connectivity index (χ0v) is 15.6. The van der Waals surface area contributed by atoms with Crippen molar-refractivity contribution in [3.05, 3.63) is 47.5 Å². The van der Waals surface area contributed by atoms with Gasteiger partial charge in [-0.3, -0.25) is 9.59 Å². The second-order valence-electron chi connectivity index (χ2n) is 6.23. The fraction of sp³-hybridized carbons (Fsp3) is 0.300. The van der Waals surface area contributed by atoms with E-state index < -0.39 is 12.5 Å². The number of methoxy groups -OCH3 is 2. The summed E-state index contributed by atoms with van der Waals surface area (Å²) >= 11 is 0. The van der Waals surface area contributed by atoms with Crippen molar-refractivity contribution in [2.75, 3.05) is 27.6 Å². The molecule has 8 nitrogen and oxygen atoms in total. The molecule has 0 radical (unpaired) electrons. The second-order valence-corrected chi connectivity index (χ2v) is 6.23. The van der Waals surface area contributed by atoms with Crippen molar-refractivity contribution in [3.63, 3.8) is 0 Å². The molecule has 0 spiro atoms. The molecule has 148 valence electrons. The third-order valence-corrected chi connectivity index (χ3v) is 4.26. The normalized spacial score (nSPS) is 11.8. The number of carboxylic acids is 1. The van der Waals surface area contributed by atoms with E-state index in [1.54, 1.807) is 36.4 Å². The van der Waals surface area contributed by atoms with Crippen molar-refractivity contribution in [1.29, 1.82) is 0 Å². The van der Waals surface area contributed by atoms with E-state index in [1.165, 1.54) is 19.1 Å². The molecule has 0 saturated heterocycles. The standard InChI is InChI=1S/C20H21NO7/c1-25-15-5-14(6-16(9-15)26-2)10-21(11-20(23)24)19(22)8-13-3-4-17-18(7-13)28-12-27-17/h3-7,9H,8,10-12H2,1-2H3,(H,23,24). The van der Waals surface area contributed by atoms with Crippen LogP contribution in [0, 0.1) is 0 Å². The Kier molecular flexibility index (Phi) is 5.88. The molecule has 2 aromatic carbocycles. The number of benzene rings is 2. The summed E-state index contributed by atoms with van der Waals surface area (Å²) in [5, 5.41) is 9.23. The molecule has 28 heavy (non-hydrogen) atoms. The molecule has 1 amide bonds. The van der Waals surface area contributed by atoms with Crippen LogP contribution in [0.3, 0.4) is 0 Å². The zero-order valence-electron chi connectivity index (χ0n) is 15.6. The average Bonchev–Trinajstić information content (AvgIpc) is 3.14. The highest BCUT2D eigenvalue weighted by Gasteiger charge is 2.20. The lowest BCUT2D eigenvalue weighted by molar-refractivity contribution is -0.144. The molecule has 0 aliphatic carbocycles. The summed E-state index contributed by atoms with van der Waals surface area (Å²) in [7, 11) is 3.05. The third kappa shape index (κ3) is 4.64. The van der Waals surface area contributed by atoms with Crippen molar-refractivity contribution in [2.45, 2.75) is 13.0 Å². The fourth-order valence-electron chi connectivity index (χ4n) is 2.91. The molecular formula is C20H21NO7. The van der Waals surface area contributed by atoms with E-state index in [1.807, 2.05) is 0 Å². The Morgan fingerprint density at radius 1 is 1.00 bits per heavy atom. The number of fused-ring (bicyclic) bond motifs is 1. The molecule has 0 fully saturated rings. The summed E-state index contributed by atoms with van der Waals surface area (Å²) < 4.78 is 21.1. The predicted octanol–water partition coefficient (Wildman–Crippen LogP) is 2.09. The van der Waals surface area contributed by atoms with Gasteiger partial charge in [0.25, 0.3) is 0 Å². The minimum absolute atomic E-state index is 0.0467. The molecular weight excluding hydrogens is 366 g/mol. The van der Waals surface area contributed by atoms with E-state index in [-0.39, 0.29) is 25.7 Å². The van der Waals surface area contributed by atoms with Crippen LogP contribution < -0.4 is 18.9 Å². The molecule has 0 atom stereocenters. The van der Waals surface area contributed by atoms with Crippen LogP contribution in [-0.2, 0) is 22.6 Å². The number of carbonyl (C=O) groups excluding carboxylic acids is 1. The van der Waals surface area contributed by atoms with Crippen molar-refractivity contribution in [3.8, 4) is 23.0 Å². The number of aliphatic carboxylic acids is 1. The zero-order chi connectivity index (χ0) is 20.1. The SMILES string of the molecule is COc1cc(CN(CC(=O)O)C(=O)Cc2ccc3c(c2)OCO3)cc(OC)c1. The van der Waals surface area contributed by atoms with Crippen LogP contribution in [0.15, 0.2) is 36.4 Å². The minimum Gasteiger partial charge on any atom is -0.497 e. The Balaban J connectivity index is 1.77. The van der Waals surface area contributed by atoms with Gasteiger partial charge in [-0.1, -0.05) is 6.07 Å². The number of hydrogen-bond donors (Lipinski definition) is 1. The van der Waals surface area contributed by atoms with E-state index in [0.717, 1.165) is 0 Å². The Bertz CT molecular complexity index is 859. The molecule has 1 heterocycles. The first-order valence-corrected chi connectivity index (χ1v) is 8.58. The molecule has 1 N–H and O–H groups in total. The van der Waals surface area contributed by atoms with Crippen LogP contribution in [0.5, 0.6) is 23.0 Å². The van der Waals surface area contributed by atoms with E-state index in [2.05, 4.69) is 0 Å². The van der Waals surface area contributed by atoms with Gasteiger partial charge in [0.2, 0.25) is 12.7 Å². The number of carbonyl (C=O) groups is 2. The van der Waals surface area contributed by atoms with Gasteiger partial charge in [-0.2, -0.15) is 0 Å². The van der Waals surface area contributed by atoms with Crippen LogP contribution in [0.25, 0.3) is 0 Å². The van der Waals surface area contributed by atoms with Gasteiger partial charge in [-0.15, -0.1) is 0 Å². The maximum atomic E-state index is 12.8. The van der Waals surface area contributed by atoms with Crippen molar-refractivity contribution < 1.29 is 33.6 Å². The van der Waals surface area contributed by atoms with E-state index >= 15 is 0 Å². The molecule has 1 aliphatic heterocycles. The van der Waals surface area contributed by atoms with Gasteiger partial charge in [0.15, 0.2) is 11.5 Å². The number of nitrogens with zero attached hydrogens (tertiary/aromatic N) is 1. The lowest BCUT2D eigenvalue weighted by Gasteiger charge is -2.21. The maximum absolute atomic E-state index is 12.8. The van der Waals surface area contributed by atoms with Crippen LogP contribution in [-0.4, -0.2) is 49.4 Å². The highest BCUT2D eigenvalue weighted by molar-refractivity contribution is 5.83. The molecule has 1 aliphatic rings. The summed E-state index contributed by atoms with van der Waals surface area (Å²) in [5.74, 6) is 0.923. The van der Waals surface area contributed by atoms with Crippen LogP contribution in [0.2, 0.25) is 0 Å². The second kappa shape index (κ2) is 8.51. The van der Waals surface area contributed by atoms with Crippen molar-refractivity contribution >= 4 is 11.9 Å². The highest BCUT2D eigenvalue weighted by Crippen LogP contribution is 2.32. The van der Waals surface area contributed by atoms with E-state index in [9.17, 15) is 14.7 Å². The molecule has 3 rings (SSSR count). The van der Waals surface area contributed by atoms with Crippen molar-refractivity contribution in [1.82, 2.24) is 4.90 Å². The first kappa shape index (κ1) is 19.3. The largest absolute Gasteiger partial charge is 0.497 e. The predicted molar refractivity (Wildman–Crippen MR) is 98.9 cm³/mol. The first-order valence-electron chi connectivity index (χ1n) is 8.58. The lowest BCUT2D eigenvalue weighted by atomic mass is 10.1. The fourth-order valence-corrected chi connectivity index (χ4v) is 2.91. The number of amides is 1. The Hall–Kier alpha value is -3.42. The van der Waals surface area contributed by atoms with Crippen LogP contribution in [0.1, 0.15) is 11.1 Å². The monoisotopic (exact) mass is 387 g/mol. The number of ether oxygens (including phenoxy) is 4. The molecule has 0 saturated carbocycles. The summed E-state index contributed by atoms with van der Waals surface area (Å²) in [6.07, 6.45) is 0.0467. The third-order valence-electron chi connectivity index (χ3n) is 4.26. The van der Waals surface area contributed by atoms with Gasteiger partial charge in [-0.25, -0.2) is 0 Å². The van der Waals surface area contributed by atoms with Gasteiger partial charge >= 0.3 is 5.97 Å². The quantitative estimate of drug-likeness (QED) is 0.741. The molecule has 0 aromatic heterocycles. The number of carboxylic acid groups (broad SMARTS) is 1. The molecule has 8 heteroatoms. The van der Waals surface area contributed by atoms with Crippen molar-refractivity contribution in [2.24, 2.45) is 0 Å². The Morgan fingerprint density at radius 2 is 1.68 bits per heavy atom. The minimum atomic E-state index is -1.09. The summed E-state index contributed by atoms with van der Waals surface area (Å²) in [4.78, 5) is 25.3. The van der Waals surface area contributed by atoms with E-state index in [4.69, 9.17) is 18.9 Å². The summed E-state index contributed by atoms with van der Waals surface area (Å²) in [5.41, 5.74) is 1.42. The number of hydrogen-bond acceptors (Lipinski definition) is 6. The van der Waals surface area contributed by atoms with Gasteiger partial charge < -0.3 is 29.0 Å². The Morgan fingerprint density at radius 3 is 2.32 bits per heavy atom. The lowest BCUT2D eigenvalue weighted by Crippen LogP contribution is -2.36. The molecule has 0 bridgehead atoms. The molecule has 2 aromatic rings. The topological polar surface area (TPSA) is 94.5 Å². The van der Waals surface area contributed by atoms with Gasteiger partial charge in [0.1, 0.15) is 18.0 Å².